The summed E-state index contributed by atoms with van der Waals surface area (Å²) < 4.78 is 1.87. The van der Waals surface area contributed by atoms with Gasteiger partial charge in [-0.3, -0.25) is 10.3 Å². The zero-order valence-electron chi connectivity index (χ0n) is 9.84. The van der Waals surface area contributed by atoms with Gasteiger partial charge < -0.3 is 0 Å². The molecule has 0 aliphatic rings. The third-order valence-corrected chi connectivity index (χ3v) is 2.42. The number of hydrogen-bond acceptors (Lipinski definition) is 4. The first kappa shape index (κ1) is 11.6. The summed E-state index contributed by atoms with van der Waals surface area (Å²) in [6.45, 7) is 3.46. The second kappa shape index (κ2) is 6.00. The van der Waals surface area contributed by atoms with Crippen LogP contribution in [0.1, 0.15) is 12.6 Å². The topological polar surface area (TPSA) is 52.0 Å². The van der Waals surface area contributed by atoms with Gasteiger partial charge in [-0.15, -0.1) is 5.10 Å². The predicted octanol–water partition coefficient (Wildman–Crippen LogP) is 1.88. The summed E-state index contributed by atoms with van der Waals surface area (Å²) in [6, 6.07) is 9.80. The van der Waals surface area contributed by atoms with Crippen molar-refractivity contribution in [1.82, 2.24) is 15.0 Å². The normalized spacial score (nSPS) is 10.4. The van der Waals surface area contributed by atoms with E-state index in [0.29, 0.717) is 6.61 Å². The SMILES string of the molecule is CCn1nncc1CCONc1ccccc1. The third-order valence-electron chi connectivity index (χ3n) is 2.42. The number of benzene rings is 1. The van der Waals surface area contributed by atoms with Gasteiger partial charge in [0.05, 0.1) is 24.2 Å². The van der Waals surface area contributed by atoms with Gasteiger partial charge in [-0.05, 0) is 19.1 Å². The summed E-state index contributed by atoms with van der Waals surface area (Å²) in [6.07, 6.45) is 2.57. The monoisotopic (exact) mass is 232 g/mol. The molecule has 0 saturated heterocycles. The molecule has 0 fully saturated rings. The van der Waals surface area contributed by atoms with Crippen molar-refractivity contribution in [3.05, 3.63) is 42.2 Å². The largest absolute Gasteiger partial charge is 0.276 e. The highest BCUT2D eigenvalue weighted by Gasteiger charge is 2.01. The summed E-state index contributed by atoms with van der Waals surface area (Å²) in [5, 5.41) is 7.83. The molecular formula is C12H16N4O. The van der Waals surface area contributed by atoms with Gasteiger partial charge in [0, 0.05) is 13.0 Å². The van der Waals surface area contributed by atoms with Gasteiger partial charge >= 0.3 is 0 Å². The second-order valence-electron chi connectivity index (χ2n) is 3.61. The average Bonchev–Trinajstić information content (AvgIpc) is 2.83. The van der Waals surface area contributed by atoms with Gasteiger partial charge in [0.2, 0.25) is 0 Å². The standard InChI is InChI=1S/C12H16N4O/c1-2-16-12(10-13-15-16)8-9-17-14-11-6-4-3-5-7-11/h3-7,10,14H,2,8-9H2,1H3. The minimum absolute atomic E-state index is 0.586. The average molecular weight is 232 g/mol. The van der Waals surface area contributed by atoms with Crippen molar-refractivity contribution in [3.63, 3.8) is 0 Å². The van der Waals surface area contributed by atoms with Crippen LogP contribution < -0.4 is 5.48 Å². The Morgan fingerprint density at radius 1 is 1.29 bits per heavy atom. The van der Waals surface area contributed by atoms with E-state index in [1.807, 2.05) is 41.9 Å². The van der Waals surface area contributed by atoms with Crippen LogP contribution in [0.2, 0.25) is 0 Å². The number of aryl methyl sites for hydroxylation is 1. The fourth-order valence-electron chi connectivity index (χ4n) is 1.53. The molecule has 0 saturated carbocycles. The fourth-order valence-corrected chi connectivity index (χ4v) is 1.53. The van der Waals surface area contributed by atoms with Gasteiger partial charge in [-0.1, -0.05) is 23.4 Å². The third kappa shape index (κ3) is 3.29. The summed E-state index contributed by atoms with van der Waals surface area (Å²) in [4.78, 5) is 5.37. The van der Waals surface area contributed by atoms with E-state index in [0.717, 1.165) is 24.3 Å². The van der Waals surface area contributed by atoms with Gasteiger partial charge in [0.1, 0.15) is 0 Å². The summed E-state index contributed by atoms with van der Waals surface area (Å²) in [5.41, 5.74) is 4.93. The number of rotatable bonds is 6. The van der Waals surface area contributed by atoms with Gasteiger partial charge in [0.15, 0.2) is 0 Å². The molecule has 5 nitrogen and oxygen atoms in total. The molecule has 5 heteroatoms. The molecule has 0 aliphatic carbocycles. The molecule has 90 valence electrons. The molecule has 0 radical (unpaired) electrons. The van der Waals surface area contributed by atoms with E-state index in [4.69, 9.17) is 4.84 Å². The maximum absolute atomic E-state index is 5.37. The fraction of sp³-hybridized carbons (Fsp3) is 0.333. The van der Waals surface area contributed by atoms with Crippen molar-refractivity contribution in [2.75, 3.05) is 12.1 Å². The predicted molar refractivity (Wildman–Crippen MR) is 65.4 cm³/mol. The lowest BCUT2D eigenvalue weighted by Gasteiger charge is -2.07. The molecular weight excluding hydrogens is 216 g/mol. The number of nitrogens with one attached hydrogen (secondary N) is 1. The first-order chi connectivity index (χ1) is 8.40. The molecule has 0 spiro atoms. The zero-order chi connectivity index (χ0) is 11.9. The van der Waals surface area contributed by atoms with Gasteiger partial charge in [-0.25, -0.2) is 4.68 Å². The zero-order valence-corrected chi connectivity index (χ0v) is 9.84. The Bertz CT molecular complexity index is 441. The molecule has 1 heterocycles. The van der Waals surface area contributed by atoms with Crippen LogP contribution in [-0.4, -0.2) is 21.6 Å². The molecule has 0 unspecified atom stereocenters. The first-order valence-electron chi connectivity index (χ1n) is 5.70. The molecule has 2 rings (SSSR count). The van der Waals surface area contributed by atoms with Crippen LogP contribution in [0.3, 0.4) is 0 Å². The van der Waals surface area contributed by atoms with Crippen LogP contribution in [0.4, 0.5) is 5.69 Å². The van der Waals surface area contributed by atoms with E-state index >= 15 is 0 Å². The minimum Gasteiger partial charge on any atom is -0.276 e. The Morgan fingerprint density at radius 3 is 2.88 bits per heavy atom. The van der Waals surface area contributed by atoms with Crippen molar-refractivity contribution < 1.29 is 4.84 Å². The highest BCUT2D eigenvalue weighted by molar-refractivity contribution is 5.39. The maximum Gasteiger partial charge on any atom is 0.0801 e. The molecule has 0 bridgehead atoms. The van der Waals surface area contributed by atoms with E-state index in [1.165, 1.54) is 0 Å². The smallest absolute Gasteiger partial charge is 0.0801 e. The lowest BCUT2D eigenvalue weighted by atomic mass is 10.3. The van der Waals surface area contributed by atoms with Crippen LogP contribution in [-0.2, 0) is 17.8 Å². The maximum atomic E-state index is 5.37. The Morgan fingerprint density at radius 2 is 2.12 bits per heavy atom. The number of hydrogen-bond donors (Lipinski definition) is 1. The van der Waals surface area contributed by atoms with Crippen LogP contribution in [0.15, 0.2) is 36.5 Å². The molecule has 0 amide bonds. The van der Waals surface area contributed by atoms with Crippen LogP contribution in [0.25, 0.3) is 0 Å². The van der Waals surface area contributed by atoms with E-state index < -0.39 is 0 Å². The quantitative estimate of drug-likeness (QED) is 0.610. The summed E-state index contributed by atoms with van der Waals surface area (Å²) in [5.74, 6) is 0. The Kier molecular flexibility index (Phi) is 4.10. The summed E-state index contributed by atoms with van der Waals surface area (Å²) in [7, 11) is 0. The first-order valence-corrected chi connectivity index (χ1v) is 5.70. The molecule has 0 atom stereocenters. The van der Waals surface area contributed by atoms with Crippen molar-refractivity contribution >= 4 is 5.69 Å². The Labute approximate surface area is 100 Å². The molecule has 17 heavy (non-hydrogen) atoms. The van der Waals surface area contributed by atoms with Gasteiger partial charge in [-0.2, -0.15) is 0 Å². The molecule has 0 aliphatic heterocycles. The lowest BCUT2D eigenvalue weighted by Crippen LogP contribution is -2.09. The molecule has 2 aromatic rings. The number of para-hydroxylation sites is 1. The Hall–Kier alpha value is -1.88. The van der Waals surface area contributed by atoms with Crippen LogP contribution >= 0.6 is 0 Å². The van der Waals surface area contributed by atoms with E-state index in [-0.39, 0.29) is 0 Å². The highest BCUT2D eigenvalue weighted by atomic mass is 16.6. The minimum atomic E-state index is 0.586. The number of nitrogens with zero attached hydrogens (tertiary/aromatic N) is 3. The second-order valence-corrected chi connectivity index (χ2v) is 3.61. The van der Waals surface area contributed by atoms with Crippen LogP contribution in [0.5, 0.6) is 0 Å². The van der Waals surface area contributed by atoms with E-state index in [9.17, 15) is 0 Å². The van der Waals surface area contributed by atoms with Crippen molar-refractivity contribution in [3.8, 4) is 0 Å². The van der Waals surface area contributed by atoms with Crippen molar-refractivity contribution in [1.29, 1.82) is 0 Å². The van der Waals surface area contributed by atoms with Crippen LogP contribution in [0, 0.1) is 0 Å². The molecule has 1 aromatic heterocycles. The van der Waals surface area contributed by atoms with Gasteiger partial charge in [0.25, 0.3) is 0 Å². The van der Waals surface area contributed by atoms with Crippen molar-refractivity contribution in [2.24, 2.45) is 0 Å². The Balaban J connectivity index is 1.73. The van der Waals surface area contributed by atoms with E-state index in [1.54, 1.807) is 6.20 Å². The van der Waals surface area contributed by atoms with E-state index in [2.05, 4.69) is 15.8 Å². The number of aromatic nitrogens is 3. The summed E-state index contributed by atoms with van der Waals surface area (Å²) >= 11 is 0. The molecule has 1 aromatic carbocycles. The number of anilines is 1. The lowest BCUT2D eigenvalue weighted by molar-refractivity contribution is 0.195. The molecule has 1 N–H and O–H groups in total. The highest BCUT2D eigenvalue weighted by Crippen LogP contribution is 2.05. The van der Waals surface area contributed by atoms with Crippen molar-refractivity contribution in [2.45, 2.75) is 19.9 Å².